The SMILES string of the molecule is NCc1ccnc(-c2cc3ccc(O)cc3[nH]2)c1. The molecule has 0 spiro atoms. The molecule has 18 heavy (non-hydrogen) atoms. The smallest absolute Gasteiger partial charge is 0.117 e. The predicted octanol–water partition coefficient (Wildman–Crippen LogP) is 2.39. The van der Waals surface area contributed by atoms with E-state index in [2.05, 4.69) is 9.97 Å². The van der Waals surface area contributed by atoms with E-state index in [-0.39, 0.29) is 5.75 Å². The largest absolute Gasteiger partial charge is 0.508 e. The number of nitrogens with two attached hydrogens (primary N) is 1. The number of aromatic nitrogens is 2. The quantitative estimate of drug-likeness (QED) is 0.642. The molecule has 90 valence electrons. The van der Waals surface area contributed by atoms with Crippen molar-refractivity contribution in [3.63, 3.8) is 0 Å². The minimum atomic E-state index is 0.250. The van der Waals surface area contributed by atoms with Gasteiger partial charge in [0.2, 0.25) is 0 Å². The third-order valence-corrected chi connectivity index (χ3v) is 2.94. The predicted molar refractivity (Wildman–Crippen MR) is 71.1 cm³/mol. The molecule has 1 aromatic carbocycles. The molecule has 0 saturated heterocycles. The van der Waals surface area contributed by atoms with Gasteiger partial charge in [-0.3, -0.25) is 4.98 Å². The minimum Gasteiger partial charge on any atom is -0.508 e. The summed E-state index contributed by atoms with van der Waals surface area (Å²) in [5.41, 5.74) is 9.33. The van der Waals surface area contributed by atoms with Crippen molar-refractivity contribution in [3.8, 4) is 17.1 Å². The van der Waals surface area contributed by atoms with Gasteiger partial charge in [-0.15, -0.1) is 0 Å². The van der Waals surface area contributed by atoms with Gasteiger partial charge in [0.15, 0.2) is 0 Å². The molecule has 3 aromatic rings. The van der Waals surface area contributed by atoms with E-state index in [4.69, 9.17) is 5.73 Å². The van der Waals surface area contributed by atoms with Crippen molar-refractivity contribution >= 4 is 10.9 Å². The molecule has 0 amide bonds. The summed E-state index contributed by atoms with van der Waals surface area (Å²) >= 11 is 0. The Hall–Kier alpha value is -2.33. The molecule has 4 N–H and O–H groups in total. The highest BCUT2D eigenvalue weighted by atomic mass is 16.3. The summed E-state index contributed by atoms with van der Waals surface area (Å²) in [7, 11) is 0. The zero-order chi connectivity index (χ0) is 12.5. The van der Waals surface area contributed by atoms with Crippen molar-refractivity contribution < 1.29 is 5.11 Å². The van der Waals surface area contributed by atoms with Crippen molar-refractivity contribution in [2.24, 2.45) is 5.73 Å². The van der Waals surface area contributed by atoms with Gasteiger partial charge in [0, 0.05) is 29.7 Å². The van der Waals surface area contributed by atoms with Crippen LogP contribution in [0.3, 0.4) is 0 Å². The summed E-state index contributed by atoms with van der Waals surface area (Å²) in [5.74, 6) is 0.250. The third-order valence-electron chi connectivity index (χ3n) is 2.94. The summed E-state index contributed by atoms with van der Waals surface area (Å²) in [4.78, 5) is 7.57. The van der Waals surface area contributed by atoms with Crippen LogP contribution < -0.4 is 5.73 Å². The Kier molecular flexibility index (Phi) is 2.50. The molecule has 0 aliphatic heterocycles. The summed E-state index contributed by atoms with van der Waals surface area (Å²) < 4.78 is 0. The van der Waals surface area contributed by atoms with Gasteiger partial charge in [-0.05, 0) is 35.9 Å². The molecule has 2 aromatic heterocycles. The Morgan fingerprint density at radius 1 is 1.17 bits per heavy atom. The average Bonchev–Trinajstić information content (AvgIpc) is 2.81. The van der Waals surface area contributed by atoms with E-state index in [1.807, 2.05) is 24.3 Å². The zero-order valence-electron chi connectivity index (χ0n) is 9.72. The lowest BCUT2D eigenvalue weighted by molar-refractivity contribution is 0.476. The average molecular weight is 239 g/mol. The van der Waals surface area contributed by atoms with Crippen molar-refractivity contribution in [2.45, 2.75) is 6.54 Å². The Balaban J connectivity index is 2.13. The van der Waals surface area contributed by atoms with Gasteiger partial charge in [0.25, 0.3) is 0 Å². The van der Waals surface area contributed by atoms with Crippen molar-refractivity contribution in [1.29, 1.82) is 0 Å². The number of nitrogens with zero attached hydrogens (tertiary/aromatic N) is 1. The van der Waals surface area contributed by atoms with E-state index in [1.54, 1.807) is 18.3 Å². The van der Waals surface area contributed by atoms with Crippen LogP contribution in [0.2, 0.25) is 0 Å². The molecular formula is C14H13N3O. The Bertz CT molecular complexity index is 703. The number of aromatic amines is 1. The molecule has 0 atom stereocenters. The number of hydrogen-bond donors (Lipinski definition) is 3. The molecule has 4 heteroatoms. The monoisotopic (exact) mass is 239 g/mol. The maximum atomic E-state index is 9.44. The number of hydrogen-bond acceptors (Lipinski definition) is 3. The van der Waals surface area contributed by atoms with E-state index in [9.17, 15) is 5.11 Å². The first-order valence-corrected chi connectivity index (χ1v) is 5.73. The maximum absolute atomic E-state index is 9.44. The maximum Gasteiger partial charge on any atom is 0.117 e. The molecule has 0 bridgehead atoms. The number of aromatic hydroxyl groups is 1. The van der Waals surface area contributed by atoms with Gasteiger partial charge in [0.1, 0.15) is 5.75 Å². The van der Waals surface area contributed by atoms with E-state index in [0.29, 0.717) is 6.54 Å². The Morgan fingerprint density at radius 3 is 2.89 bits per heavy atom. The second-order valence-electron chi connectivity index (χ2n) is 4.21. The molecule has 0 fully saturated rings. The first-order chi connectivity index (χ1) is 8.76. The first-order valence-electron chi connectivity index (χ1n) is 5.73. The minimum absolute atomic E-state index is 0.250. The molecule has 0 aliphatic carbocycles. The Morgan fingerprint density at radius 2 is 2.06 bits per heavy atom. The molecule has 3 rings (SSSR count). The van der Waals surface area contributed by atoms with Gasteiger partial charge < -0.3 is 15.8 Å². The van der Waals surface area contributed by atoms with E-state index in [1.165, 1.54) is 0 Å². The van der Waals surface area contributed by atoms with Crippen LogP contribution in [0, 0.1) is 0 Å². The highest BCUT2D eigenvalue weighted by Gasteiger charge is 2.05. The third kappa shape index (κ3) is 1.83. The fourth-order valence-corrected chi connectivity index (χ4v) is 2.00. The van der Waals surface area contributed by atoms with Crippen LogP contribution in [0.25, 0.3) is 22.3 Å². The second kappa shape index (κ2) is 4.16. The van der Waals surface area contributed by atoms with E-state index < -0.39 is 0 Å². The van der Waals surface area contributed by atoms with E-state index in [0.717, 1.165) is 27.9 Å². The molecule has 0 aliphatic rings. The van der Waals surface area contributed by atoms with Crippen molar-refractivity contribution in [2.75, 3.05) is 0 Å². The lowest BCUT2D eigenvalue weighted by Gasteiger charge is -1.99. The lowest BCUT2D eigenvalue weighted by Crippen LogP contribution is -1.97. The summed E-state index contributed by atoms with van der Waals surface area (Å²) in [6.45, 7) is 0.497. The normalized spacial score (nSPS) is 10.9. The standard InChI is InChI=1S/C14H13N3O/c15-8-9-3-4-16-13(5-9)14-6-10-1-2-11(18)7-12(10)17-14/h1-7,17-18H,8,15H2. The van der Waals surface area contributed by atoms with Crippen LogP contribution in [-0.4, -0.2) is 15.1 Å². The molecule has 4 nitrogen and oxygen atoms in total. The van der Waals surface area contributed by atoms with Crippen LogP contribution in [-0.2, 0) is 6.54 Å². The molecule has 0 radical (unpaired) electrons. The topological polar surface area (TPSA) is 74.9 Å². The lowest BCUT2D eigenvalue weighted by atomic mass is 10.2. The fourth-order valence-electron chi connectivity index (χ4n) is 2.00. The van der Waals surface area contributed by atoms with Crippen molar-refractivity contribution in [1.82, 2.24) is 9.97 Å². The number of nitrogens with one attached hydrogen (secondary N) is 1. The van der Waals surface area contributed by atoms with Crippen LogP contribution in [0.4, 0.5) is 0 Å². The highest BCUT2D eigenvalue weighted by Crippen LogP contribution is 2.25. The molecule has 0 saturated carbocycles. The van der Waals surface area contributed by atoms with Crippen LogP contribution in [0.1, 0.15) is 5.56 Å². The molecular weight excluding hydrogens is 226 g/mol. The van der Waals surface area contributed by atoms with Gasteiger partial charge in [-0.25, -0.2) is 0 Å². The summed E-state index contributed by atoms with van der Waals surface area (Å²) in [5, 5.41) is 10.5. The zero-order valence-corrected chi connectivity index (χ0v) is 9.72. The summed E-state index contributed by atoms with van der Waals surface area (Å²) in [6.07, 6.45) is 1.75. The molecule has 0 unspecified atom stereocenters. The van der Waals surface area contributed by atoms with Crippen LogP contribution in [0.15, 0.2) is 42.6 Å². The number of pyridine rings is 1. The van der Waals surface area contributed by atoms with Gasteiger partial charge in [-0.1, -0.05) is 0 Å². The summed E-state index contributed by atoms with van der Waals surface area (Å²) in [6, 6.07) is 11.1. The number of phenols is 1. The van der Waals surface area contributed by atoms with Gasteiger partial charge >= 0.3 is 0 Å². The van der Waals surface area contributed by atoms with E-state index >= 15 is 0 Å². The Labute approximate surface area is 104 Å². The van der Waals surface area contributed by atoms with Crippen molar-refractivity contribution in [3.05, 3.63) is 48.2 Å². The first kappa shape index (κ1) is 10.8. The number of phenolic OH excluding ortho intramolecular Hbond substituents is 1. The van der Waals surface area contributed by atoms with Gasteiger partial charge in [-0.2, -0.15) is 0 Å². The number of rotatable bonds is 2. The van der Waals surface area contributed by atoms with Crippen LogP contribution >= 0.6 is 0 Å². The second-order valence-corrected chi connectivity index (χ2v) is 4.21. The fraction of sp³-hybridized carbons (Fsp3) is 0.0714. The van der Waals surface area contributed by atoms with Crippen LogP contribution in [0.5, 0.6) is 5.75 Å². The molecule has 2 heterocycles. The number of H-pyrrole nitrogens is 1. The number of benzene rings is 1. The van der Waals surface area contributed by atoms with Gasteiger partial charge in [0.05, 0.1) is 11.4 Å². The highest BCUT2D eigenvalue weighted by molar-refractivity contribution is 5.86. The number of fused-ring (bicyclic) bond motifs is 1.